The van der Waals surface area contributed by atoms with Crippen LogP contribution >= 0.6 is 0 Å². The number of ketones is 1. The van der Waals surface area contributed by atoms with Gasteiger partial charge in [0, 0.05) is 11.1 Å². The van der Waals surface area contributed by atoms with E-state index in [2.05, 4.69) is 18.2 Å². The summed E-state index contributed by atoms with van der Waals surface area (Å²) in [7, 11) is 0. The number of rotatable bonds is 2. The minimum absolute atomic E-state index is 0.179. The minimum Gasteiger partial charge on any atom is -0.289 e. The third-order valence-corrected chi connectivity index (χ3v) is 3.89. The van der Waals surface area contributed by atoms with Gasteiger partial charge in [-0.2, -0.15) is 0 Å². The van der Waals surface area contributed by atoms with Gasteiger partial charge in [0.1, 0.15) is 0 Å². The van der Waals surface area contributed by atoms with Crippen LogP contribution in [0.15, 0.2) is 65.3 Å². The molecule has 96 valence electrons. The summed E-state index contributed by atoms with van der Waals surface area (Å²) in [6, 6.07) is 9.62. The predicted octanol–water partition coefficient (Wildman–Crippen LogP) is 4.63. The Morgan fingerprint density at radius 1 is 1.00 bits per heavy atom. The molecule has 1 aromatic rings. The van der Waals surface area contributed by atoms with Gasteiger partial charge >= 0.3 is 0 Å². The van der Waals surface area contributed by atoms with Crippen LogP contribution in [0.3, 0.4) is 0 Å². The normalized spacial score (nSPS) is 18.6. The number of carbonyl (C=O) groups excluding carboxylic acids is 1. The van der Waals surface area contributed by atoms with Gasteiger partial charge in [-0.15, -0.1) is 0 Å². The van der Waals surface area contributed by atoms with Crippen LogP contribution < -0.4 is 0 Å². The standard InChI is InChI=1S/C18H18O/c19-18(15-10-2-1-3-11-15)17-13-7-5-9-14-8-4-6-12-16(14)17/h1-3,5,9-11,13H,4,6-8,12H2. The van der Waals surface area contributed by atoms with Gasteiger partial charge < -0.3 is 0 Å². The van der Waals surface area contributed by atoms with Gasteiger partial charge in [-0.05, 0) is 43.3 Å². The molecule has 0 heterocycles. The van der Waals surface area contributed by atoms with E-state index in [9.17, 15) is 4.79 Å². The Morgan fingerprint density at radius 2 is 1.79 bits per heavy atom. The van der Waals surface area contributed by atoms with Crippen LogP contribution in [-0.2, 0) is 0 Å². The second-order valence-corrected chi connectivity index (χ2v) is 5.16. The Balaban J connectivity index is 2.00. The first-order chi connectivity index (χ1) is 9.36. The fourth-order valence-corrected chi connectivity index (χ4v) is 2.91. The Bertz CT molecular complexity index is 573. The zero-order valence-corrected chi connectivity index (χ0v) is 11.1. The van der Waals surface area contributed by atoms with Crippen LogP contribution in [0.5, 0.6) is 0 Å². The van der Waals surface area contributed by atoms with Crippen molar-refractivity contribution in [2.45, 2.75) is 32.1 Å². The van der Waals surface area contributed by atoms with Gasteiger partial charge in [-0.3, -0.25) is 4.79 Å². The maximum atomic E-state index is 12.7. The third kappa shape index (κ3) is 2.46. The van der Waals surface area contributed by atoms with E-state index in [1.165, 1.54) is 24.0 Å². The third-order valence-electron chi connectivity index (χ3n) is 3.89. The van der Waals surface area contributed by atoms with Crippen LogP contribution in [0, 0.1) is 0 Å². The lowest BCUT2D eigenvalue weighted by molar-refractivity contribution is 0.103. The summed E-state index contributed by atoms with van der Waals surface area (Å²) in [5.41, 5.74) is 4.40. The first-order valence-electron chi connectivity index (χ1n) is 7.05. The lowest BCUT2D eigenvalue weighted by Crippen LogP contribution is -2.09. The lowest BCUT2D eigenvalue weighted by atomic mass is 9.85. The maximum Gasteiger partial charge on any atom is 0.192 e. The highest BCUT2D eigenvalue weighted by Crippen LogP contribution is 2.34. The molecule has 3 rings (SSSR count). The maximum absolute atomic E-state index is 12.7. The number of Topliss-reactive ketones (excluding diaryl/α,β-unsaturated/α-hetero) is 1. The van der Waals surface area contributed by atoms with E-state index in [-0.39, 0.29) is 5.78 Å². The van der Waals surface area contributed by atoms with Crippen molar-refractivity contribution in [3.05, 3.63) is 70.8 Å². The van der Waals surface area contributed by atoms with Crippen LogP contribution in [0.25, 0.3) is 0 Å². The molecule has 0 atom stereocenters. The molecule has 0 N–H and O–H groups in total. The average molecular weight is 250 g/mol. The summed E-state index contributed by atoms with van der Waals surface area (Å²) in [4.78, 5) is 12.7. The van der Waals surface area contributed by atoms with E-state index in [1.54, 1.807) is 0 Å². The Morgan fingerprint density at radius 3 is 2.63 bits per heavy atom. The molecule has 19 heavy (non-hydrogen) atoms. The Kier molecular flexibility index (Phi) is 3.45. The van der Waals surface area contributed by atoms with Crippen LogP contribution in [0.2, 0.25) is 0 Å². The number of hydrogen-bond acceptors (Lipinski definition) is 1. The summed E-state index contributed by atoms with van der Waals surface area (Å²) in [6.45, 7) is 0. The van der Waals surface area contributed by atoms with Gasteiger partial charge in [0.25, 0.3) is 0 Å². The smallest absolute Gasteiger partial charge is 0.192 e. The fourth-order valence-electron chi connectivity index (χ4n) is 2.91. The molecule has 0 spiro atoms. The molecule has 0 aromatic heterocycles. The van der Waals surface area contributed by atoms with Crippen molar-refractivity contribution in [2.24, 2.45) is 0 Å². The topological polar surface area (TPSA) is 17.1 Å². The molecule has 1 heteroatoms. The van der Waals surface area contributed by atoms with Crippen molar-refractivity contribution in [1.29, 1.82) is 0 Å². The molecule has 0 saturated carbocycles. The van der Waals surface area contributed by atoms with Crippen molar-refractivity contribution in [2.75, 3.05) is 0 Å². The Hall–Kier alpha value is -1.89. The van der Waals surface area contributed by atoms with E-state index in [4.69, 9.17) is 0 Å². The van der Waals surface area contributed by atoms with E-state index in [0.717, 1.165) is 30.4 Å². The molecule has 0 unspecified atom stereocenters. The van der Waals surface area contributed by atoms with Gasteiger partial charge in [0.15, 0.2) is 5.78 Å². The lowest BCUT2D eigenvalue weighted by Gasteiger charge is -2.19. The zero-order valence-electron chi connectivity index (χ0n) is 11.1. The van der Waals surface area contributed by atoms with Crippen LogP contribution in [0.1, 0.15) is 42.5 Å². The summed E-state index contributed by atoms with van der Waals surface area (Å²) in [5, 5.41) is 0. The van der Waals surface area contributed by atoms with Crippen molar-refractivity contribution in [3.8, 4) is 0 Å². The highest BCUT2D eigenvalue weighted by atomic mass is 16.1. The molecule has 2 aliphatic rings. The van der Waals surface area contributed by atoms with E-state index < -0.39 is 0 Å². The van der Waals surface area contributed by atoms with Gasteiger partial charge in [0.05, 0.1) is 0 Å². The Labute approximate surface area is 114 Å². The monoisotopic (exact) mass is 250 g/mol. The van der Waals surface area contributed by atoms with Crippen molar-refractivity contribution >= 4 is 5.78 Å². The molecule has 0 fully saturated rings. The molecule has 2 aliphatic carbocycles. The fraction of sp³-hybridized carbons (Fsp3) is 0.278. The number of allylic oxidation sites excluding steroid dienone is 6. The highest BCUT2D eigenvalue weighted by molar-refractivity contribution is 6.11. The second kappa shape index (κ2) is 5.40. The predicted molar refractivity (Wildman–Crippen MR) is 78.1 cm³/mol. The van der Waals surface area contributed by atoms with E-state index in [1.807, 2.05) is 30.3 Å². The first kappa shape index (κ1) is 12.2. The number of hydrogen-bond donors (Lipinski definition) is 0. The molecule has 0 saturated heterocycles. The van der Waals surface area contributed by atoms with Crippen molar-refractivity contribution in [3.63, 3.8) is 0 Å². The zero-order chi connectivity index (χ0) is 13.1. The molecule has 0 amide bonds. The quantitative estimate of drug-likeness (QED) is 0.700. The molecular weight excluding hydrogens is 232 g/mol. The molecule has 1 aromatic carbocycles. The molecule has 0 aliphatic heterocycles. The number of benzene rings is 1. The van der Waals surface area contributed by atoms with Gasteiger partial charge in [-0.25, -0.2) is 0 Å². The largest absolute Gasteiger partial charge is 0.289 e. The molecule has 1 nitrogen and oxygen atoms in total. The van der Waals surface area contributed by atoms with E-state index >= 15 is 0 Å². The summed E-state index contributed by atoms with van der Waals surface area (Å²) in [5.74, 6) is 0.179. The average Bonchev–Trinajstić information content (AvgIpc) is 2.70. The number of carbonyl (C=O) groups is 1. The first-order valence-corrected chi connectivity index (χ1v) is 7.05. The van der Waals surface area contributed by atoms with Gasteiger partial charge in [0.2, 0.25) is 0 Å². The second-order valence-electron chi connectivity index (χ2n) is 5.16. The van der Waals surface area contributed by atoms with Crippen LogP contribution in [0.4, 0.5) is 0 Å². The molecular formula is C18H18O. The van der Waals surface area contributed by atoms with Crippen LogP contribution in [-0.4, -0.2) is 5.78 Å². The minimum atomic E-state index is 0.179. The highest BCUT2D eigenvalue weighted by Gasteiger charge is 2.21. The molecule has 0 radical (unpaired) electrons. The van der Waals surface area contributed by atoms with E-state index in [0.29, 0.717) is 0 Å². The summed E-state index contributed by atoms with van der Waals surface area (Å²) in [6.07, 6.45) is 12.0. The SMILES string of the molecule is O=C(C1=CCC=CC2=C1CCCC2)c1ccccc1. The van der Waals surface area contributed by atoms with Gasteiger partial charge in [-0.1, -0.05) is 48.6 Å². The van der Waals surface area contributed by atoms with Crippen molar-refractivity contribution in [1.82, 2.24) is 0 Å². The summed E-state index contributed by atoms with van der Waals surface area (Å²) >= 11 is 0. The summed E-state index contributed by atoms with van der Waals surface area (Å²) < 4.78 is 0. The molecule has 0 bridgehead atoms. The van der Waals surface area contributed by atoms with Crippen molar-refractivity contribution < 1.29 is 4.79 Å².